The van der Waals surface area contributed by atoms with Crippen molar-refractivity contribution >= 4 is 5.78 Å². The maximum absolute atomic E-state index is 11.6. The zero-order valence-corrected chi connectivity index (χ0v) is 10.9. The number of aliphatic hydroxyl groups excluding tert-OH is 1. The molecule has 100 valence electrons. The summed E-state index contributed by atoms with van der Waals surface area (Å²) in [7, 11) is 0. The Labute approximate surface area is 107 Å². The second-order valence-electron chi connectivity index (χ2n) is 4.43. The van der Waals surface area contributed by atoms with Gasteiger partial charge in [0.15, 0.2) is 5.78 Å². The van der Waals surface area contributed by atoms with Gasteiger partial charge in [0, 0.05) is 0 Å². The van der Waals surface area contributed by atoms with Gasteiger partial charge in [0.25, 0.3) is 0 Å². The van der Waals surface area contributed by atoms with Crippen molar-refractivity contribution in [3.05, 3.63) is 22.8 Å². The maximum atomic E-state index is 11.6. The number of unbranched alkanes of at least 4 members (excludes halogenated alkanes) is 2. The second-order valence-corrected chi connectivity index (χ2v) is 4.43. The SMILES string of the molecule is CCCCCc1cc(O)c(CO)c(O)c1C(C)=O. The van der Waals surface area contributed by atoms with Crippen LogP contribution in [0, 0.1) is 0 Å². The van der Waals surface area contributed by atoms with Gasteiger partial charge >= 0.3 is 0 Å². The Kier molecular flexibility index (Phi) is 5.16. The summed E-state index contributed by atoms with van der Waals surface area (Å²) in [5.74, 6) is -0.711. The van der Waals surface area contributed by atoms with Crippen LogP contribution in [0.4, 0.5) is 0 Å². The first-order valence-electron chi connectivity index (χ1n) is 6.21. The second kappa shape index (κ2) is 6.40. The van der Waals surface area contributed by atoms with Gasteiger partial charge in [0.05, 0.1) is 17.7 Å². The standard InChI is InChI=1S/C14H20O4/c1-3-4-5-6-10-7-12(17)11(8-15)14(18)13(10)9(2)16/h7,15,17-18H,3-6,8H2,1-2H3. The van der Waals surface area contributed by atoms with Crippen molar-refractivity contribution < 1.29 is 20.1 Å². The van der Waals surface area contributed by atoms with Gasteiger partial charge in [-0.15, -0.1) is 0 Å². The number of Topliss-reactive ketones (excluding diaryl/α,β-unsaturated/α-hetero) is 1. The Morgan fingerprint density at radius 2 is 1.94 bits per heavy atom. The lowest BCUT2D eigenvalue weighted by Crippen LogP contribution is -2.03. The van der Waals surface area contributed by atoms with Crippen molar-refractivity contribution in [2.24, 2.45) is 0 Å². The van der Waals surface area contributed by atoms with Gasteiger partial charge in [-0.25, -0.2) is 0 Å². The number of hydrogen-bond donors (Lipinski definition) is 3. The van der Waals surface area contributed by atoms with Crippen LogP contribution < -0.4 is 0 Å². The molecule has 18 heavy (non-hydrogen) atoms. The Balaban J connectivity index is 3.19. The summed E-state index contributed by atoms with van der Waals surface area (Å²) in [4.78, 5) is 11.6. The van der Waals surface area contributed by atoms with Gasteiger partial charge in [-0.3, -0.25) is 4.79 Å². The fourth-order valence-corrected chi connectivity index (χ4v) is 2.06. The van der Waals surface area contributed by atoms with E-state index in [2.05, 4.69) is 6.92 Å². The van der Waals surface area contributed by atoms with E-state index >= 15 is 0 Å². The Hall–Kier alpha value is -1.55. The van der Waals surface area contributed by atoms with Crippen LogP contribution in [0.1, 0.15) is 54.6 Å². The molecule has 0 heterocycles. The average Bonchev–Trinajstić information content (AvgIpc) is 2.28. The summed E-state index contributed by atoms with van der Waals surface area (Å²) < 4.78 is 0. The van der Waals surface area contributed by atoms with E-state index in [9.17, 15) is 15.0 Å². The van der Waals surface area contributed by atoms with Crippen molar-refractivity contribution in [3.63, 3.8) is 0 Å². The Morgan fingerprint density at radius 1 is 1.28 bits per heavy atom. The van der Waals surface area contributed by atoms with Crippen molar-refractivity contribution in [1.82, 2.24) is 0 Å². The van der Waals surface area contributed by atoms with E-state index in [1.54, 1.807) is 0 Å². The molecule has 1 aromatic rings. The van der Waals surface area contributed by atoms with E-state index in [-0.39, 0.29) is 28.4 Å². The Morgan fingerprint density at radius 3 is 2.44 bits per heavy atom. The number of aryl methyl sites for hydroxylation is 1. The number of ketones is 1. The lowest BCUT2D eigenvalue weighted by molar-refractivity contribution is 0.101. The van der Waals surface area contributed by atoms with E-state index in [0.717, 1.165) is 19.3 Å². The number of carbonyl (C=O) groups is 1. The van der Waals surface area contributed by atoms with Crippen LogP contribution in [-0.2, 0) is 13.0 Å². The molecule has 0 aliphatic carbocycles. The molecule has 0 saturated heterocycles. The summed E-state index contributed by atoms with van der Waals surface area (Å²) in [6.07, 6.45) is 3.62. The zero-order chi connectivity index (χ0) is 13.7. The smallest absolute Gasteiger partial charge is 0.163 e. The highest BCUT2D eigenvalue weighted by Gasteiger charge is 2.19. The fourth-order valence-electron chi connectivity index (χ4n) is 2.06. The highest BCUT2D eigenvalue weighted by molar-refractivity contribution is 5.99. The molecule has 4 nitrogen and oxygen atoms in total. The molecule has 0 saturated carbocycles. The van der Waals surface area contributed by atoms with Crippen molar-refractivity contribution in [2.45, 2.75) is 46.1 Å². The molecule has 0 unspecified atom stereocenters. The van der Waals surface area contributed by atoms with Crippen LogP contribution in [0.25, 0.3) is 0 Å². The first-order chi connectivity index (χ1) is 8.52. The molecule has 0 atom stereocenters. The summed E-state index contributed by atoms with van der Waals surface area (Å²) in [5.41, 5.74) is 0.871. The van der Waals surface area contributed by atoms with Crippen LogP contribution in [-0.4, -0.2) is 21.1 Å². The predicted octanol–water partition coefficient (Wildman–Crippen LogP) is 2.53. The molecule has 0 aliphatic heterocycles. The topological polar surface area (TPSA) is 77.8 Å². The third-order valence-corrected chi connectivity index (χ3v) is 3.02. The summed E-state index contributed by atoms with van der Waals surface area (Å²) >= 11 is 0. The lowest BCUT2D eigenvalue weighted by atomic mass is 9.95. The molecular formula is C14H20O4. The number of hydrogen-bond acceptors (Lipinski definition) is 4. The van der Waals surface area contributed by atoms with E-state index < -0.39 is 6.61 Å². The number of benzene rings is 1. The largest absolute Gasteiger partial charge is 0.507 e. The number of aliphatic hydroxyl groups is 1. The van der Waals surface area contributed by atoms with Crippen molar-refractivity contribution in [1.29, 1.82) is 0 Å². The molecule has 0 aliphatic rings. The molecule has 0 radical (unpaired) electrons. The summed E-state index contributed by atoms with van der Waals surface area (Å²) in [6.45, 7) is 2.96. The van der Waals surface area contributed by atoms with Gasteiger partial charge in [0.1, 0.15) is 11.5 Å². The van der Waals surface area contributed by atoms with Crippen LogP contribution in [0.3, 0.4) is 0 Å². The van der Waals surface area contributed by atoms with Crippen LogP contribution >= 0.6 is 0 Å². The first-order valence-corrected chi connectivity index (χ1v) is 6.21. The summed E-state index contributed by atoms with van der Waals surface area (Å²) in [6, 6.07) is 1.47. The highest BCUT2D eigenvalue weighted by Crippen LogP contribution is 2.34. The molecule has 0 bridgehead atoms. The fraction of sp³-hybridized carbons (Fsp3) is 0.500. The molecule has 3 N–H and O–H groups in total. The normalized spacial score (nSPS) is 10.6. The van der Waals surface area contributed by atoms with Crippen LogP contribution in [0.2, 0.25) is 0 Å². The molecule has 0 fully saturated rings. The van der Waals surface area contributed by atoms with Gasteiger partial charge in [-0.1, -0.05) is 19.8 Å². The third kappa shape index (κ3) is 3.01. The van der Waals surface area contributed by atoms with Crippen LogP contribution in [0.5, 0.6) is 11.5 Å². The van der Waals surface area contributed by atoms with Gasteiger partial charge in [-0.05, 0) is 31.4 Å². The highest BCUT2D eigenvalue weighted by atomic mass is 16.3. The van der Waals surface area contributed by atoms with E-state index in [4.69, 9.17) is 5.11 Å². The number of phenols is 2. The predicted molar refractivity (Wildman–Crippen MR) is 68.9 cm³/mol. The number of rotatable bonds is 6. The first kappa shape index (κ1) is 14.5. The molecule has 4 heteroatoms. The molecule has 0 amide bonds. The van der Waals surface area contributed by atoms with E-state index in [1.807, 2.05) is 0 Å². The average molecular weight is 252 g/mol. The van der Waals surface area contributed by atoms with E-state index in [1.165, 1.54) is 13.0 Å². The maximum Gasteiger partial charge on any atom is 0.163 e. The van der Waals surface area contributed by atoms with Crippen LogP contribution in [0.15, 0.2) is 6.07 Å². The molecular weight excluding hydrogens is 232 g/mol. The molecule has 0 aromatic heterocycles. The van der Waals surface area contributed by atoms with Gasteiger partial charge in [-0.2, -0.15) is 0 Å². The third-order valence-electron chi connectivity index (χ3n) is 3.02. The van der Waals surface area contributed by atoms with Gasteiger partial charge in [0.2, 0.25) is 0 Å². The molecule has 0 spiro atoms. The number of aromatic hydroxyl groups is 2. The lowest BCUT2D eigenvalue weighted by Gasteiger charge is -2.13. The quantitative estimate of drug-likeness (QED) is 0.537. The summed E-state index contributed by atoms with van der Waals surface area (Å²) in [5, 5.41) is 28.7. The number of carbonyl (C=O) groups excluding carboxylic acids is 1. The Bertz CT molecular complexity index is 438. The van der Waals surface area contributed by atoms with Crippen molar-refractivity contribution in [2.75, 3.05) is 0 Å². The van der Waals surface area contributed by atoms with E-state index in [0.29, 0.717) is 12.0 Å². The minimum absolute atomic E-state index is 0.0134. The van der Waals surface area contributed by atoms with Gasteiger partial charge < -0.3 is 15.3 Å². The molecule has 1 rings (SSSR count). The monoisotopic (exact) mass is 252 g/mol. The minimum Gasteiger partial charge on any atom is -0.507 e. The molecule has 1 aromatic carbocycles. The zero-order valence-electron chi connectivity index (χ0n) is 10.9. The minimum atomic E-state index is -0.493. The van der Waals surface area contributed by atoms with Crippen molar-refractivity contribution in [3.8, 4) is 11.5 Å².